The number of hydrogen-bond donors (Lipinski definition) is 0. The van der Waals surface area contributed by atoms with Gasteiger partial charge in [-0.15, -0.1) is 27.8 Å². The lowest BCUT2D eigenvalue weighted by molar-refractivity contribution is 0.0462. The van der Waals surface area contributed by atoms with Crippen LogP contribution in [0.25, 0.3) is 20.1 Å². The van der Waals surface area contributed by atoms with E-state index in [1.807, 2.05) is 37.3 Å². The summed E-state index contributed by atoms with van der Waals surface area (Å²) in [5.41, 5.74) is 0.966. The number of rotatable bonds is 6. The predicted octanol–water partition coefficient (Wildman–Crippen LogP) is 3.78. The molecule has 4 rings (SSSR count). The van der Waals surface area contributed by atoms with Gasteiger partial charge in [0.2, 0.25) is 0 Å². The molecule has 0 spiro atoms. The first-order valence-corrected chi connectivity index (χ1v) is 9.76. The van der Waals surface area contributed by atoms with Gasteiger partial charge in [0.15, 0.2) is 12.4 Å². The Bertz CT molecular complexity index is 1020. The molecule has 0 radical (unpaired) electrons. The van der Waals surface area contributed by atoms with Crippen LogP contribution < -0.4 is 0 Å². The van der Waals surface area contributed by atoms with Gasteiger partial charge < -0.3 is 4.74 Å². The Labute approximate surface area is 157 Å². The van der Waals surface area contributed by atoms with E-state index in [2.05, 4.69) is 20.5 Å². The van der Waals surface area contributed by atoms with E-state index in [9.17, 15) is 4.79 Å². The van der Waals surface area contributed by atoms with Gasteiger partial charge in [0.05, 0.1) is 15.1 Å². The van der Waals surface area contributed by atoms with Crippen LogP contribution in [-0.4, -0.2) is 31.2 Å². The number of carbonyl (C=O) groups is 1. The summed E-state index contributed by atoms with van der Waals surface area (Å²) in [6.45, 7) is 2.79. The number of benzene rings is 1. The van der Waals surface area contributed by atoms with Crippen LogP contribution >= 0.6 is 22.7 Å². The monoisotopic (exact) mass is 385 g/mol. The Kier molecular flexibility index (Phi) is 4.72. The number of thiophene rings is 1. The molecular formula is C17H15N5O2S2. The zero-order valence-corrected chi connectivity index (χ0v) is 15.6. The van der Waals surface area contributed by atoms with E-state index in [-0.39, 0.29) is 12.6 Å². The number of ether oxygens (including phenoxy) is 1. The van der Waals surface area contributed by atoms with E-state index in [4.69, 9.17) is 4.74 Å². The second-order valence-electron chi connectivity index (χ2n) is 5.55. The van der Waals surface area contributed by atoms with Gasteiger partial charge in [-0.25, -0.2) is 14.5 Å². The third-order valence-corrected chi connectivity index (χ3v) is 5.96. The average molecular weight is 385 g/mol. The first kappa shape index (κ1) is 16.8. The maximum atomic E-state index is 12.3. The quantitative estimate of drug-likeness (QED) is 0.470. The molecule has 7 nitrogen and oxygen atoms in total. The van der Waals surface area contributed by atoms with Gasteiger partial charge in [0, 0.05) is 6.54 Å². The molecule has 0 aliphatic carbocycles. The van der Waals surface area contributed by atoms with Gasteiger partial charge in [0.25, 0.3) is 0 Å². The van der Waals surface area contributed by atoms with Crippen molar-refractivity contribution in [2.24, 2.45) is 0 Å². The lowest BCUT2D eigenvalue weighted by Gasteiger charge is -2.03. The topological polar surface area (TPSA) is 82.8 Å². The molecule has 0 unspecified atom stereocenters. The minimum absolute atomic E-state index is 0.0558. The minimum atomic E-state index is -0.381. The molecule has 0 bridgehead atoms. The van der Waals surface area contributed by atoms with E-state index >= 15 is 0 Å². The summed E-state index contributed by atoms with van der Waals surface area (Å²) in [5.74, 6) is 0.163. The van der Waals surface area contributed by atoms with Gasteiger partial charge in [0.1, 0.15) is 9.88 Å². The van der Waals surface area contributed by atoms with Gasteiger partial charge in [-0.3, -0.25) is 0 Å². The molecule has 4 aromatic rings. The Hall–Kier alpha value is -2.65. The van der Waals surface area contributed by atoms with E-state index in [1.54, 1.807) is 22.1 Å². The normalized spacial score (nSPS) is 11.1. The smallest absolute Gasteiger partial charge is 0.348 e. The third-order valence-electron chi connectivity index (χ3n) is 3.69. The summed E-state index contributed by atoms with van der Waals surface area (Å²) in [6, 6.07) is 11.7. The lowest BCUT2D eigenvalue weighted by Crippen LogP contribution is -2.10. The molecule has 0 fully saturated rings. The van der Waals surface area contributed by atoms with Crippen LogP contribution in [-0.2, 0) is 17.9 Å². The predicted molar refractivity (Wildman–Crippen MR) is 100 cm³/mol. The molecular weight excluding hydrogens is 370 g/mol. The number of aromatic nitrogens is 5. The molecule has 9 heteroatoms. The van der Waals surface area contributed by atoms with Crippen molar-refractivity contribution in [3.8, 4) is 9.88 Å². The van der Waals surface area contributed by atoms with Crippen LogP contribution in [0, 0.1) is 0 Å². The summed E-state index contributed by atoms with van der Waals surface area (Å²) >= 11 is 2.99. The highest BCUT2D eigenvalue weighted by molar-refractivity contribution is 7.26. The van der Waals surface area contributed by atoms with E-state index < -0.39 is 0 Å². The number of para-hydroxylation sites is 1. The SMILES string of the molecule is CCCn1nnnc1COC(=O)c1ccc(-c2nc3ccccc3s2)s1. The molecule has 1 aromatic carbocycles. The van der Waals surface area contributed by atoms with Crippen molar-refractivity contribution in [1.29, 1.82) is 0 Å². The second-order valence-corrected chi connectivity index (χ2v) is 7.66. The number of tetrazole rings is 1. The van der Waals surface area contributed by atoms with Crippen LogP contribution in [0.3, 0.4) is 0 Å². The van der Waals surface area contributed by atoms with Crippen molar-refractivity contribution in [3.63, 3.8) is 0 Å². The van der Waals surface area contributed by atoms with Crippen LogP contribution in [0.15, 0.2) is 36.4 Å². The standard InChI is InChI=1S/C17H15N5O2S2/c1-2-9-22-15(19-20-21-22)10-24-17(23)14-8-7-13(25-14)16-18-11-5-3-4-6-12(11)26-16/h3-8H,2,9-10H2,1H3. The van der Waals surface area contributed by atoms with Crippen LogP contribution in [0.2, 0.25) is 0 Å². The molecule has 0 atom stereocenters. The highest BCUT2D eigenvalue weighted by Crippen LogP contribution is 2.34. The van der Waals surface area contributed by atoms with Crippen molar-refractivity contribution in [2.75, 3.05) is 0 Å². The maximum absolute atomic E-state index is 12.3. The van der Waals surface area contributed by atoms with E-state index in [0.717, 1.165) is 26.5 Å². The van der Waals surface area contributed by atoms with Crippen LogP contribution in [0.5, 0.6) is 0 Å². The number of thiazole rings is 1. The number of nitrogens with zero attached hydrogens (tertiary/aromatic N) is 5. The first-order valence-electron chi connectivity index (χ1n) is 8.12. The maximum Gasteiger partial charge on any atom is 0.348 e. The number of hydrogen-bond acceptors (Lipinski definition) is 8. The van der Waals surface area contributed by atoms with Crippen molar-refractivity contribution in [3.05, 3.63) is 47.1 Å². The molecule has 26 heavy (non-hydrogen) atoms. The zero-order chi connectivity index (χ0) is 17.9. The molecule has 3 heterocycles. The Morgan fingerprint density at radius 2 is 2.08 bits per heavy atom. The zero-order valence-electron chi connectivity index (χ0n) is 14.0. The number of carbonyl (C=O) groups excluding carboxylic acids is 1. The molecule has 3 aromatic heterocycles. The van der Waals surface area contributed by atoms with Gasteiger partial charge in [-0.2, -0.15) is 0 Å². The molecule has 0 saturated heterocycles. The number of aryl methyl sites for hydroxylation is 1. The number of esters is 1. The summed E-state index contributed by atoms with van der Waals surface area (Å²) in [5, 5.41) is 12.3. The molecule has 0 aliphatic rings. The fourth-order valence-corrected chi connectivity index (χ4v) is 4.37. The Balaban J connectivity index is 1.47. The Morgan fingerprint density at radius 3 is 2.92 bits per heavy atom. The van der Waals surface area contributed by atoms with Crippen molar-refractivity contribution < 1.29 is 9.53 Å². The first-order chi connectivity index (χ1) is 12.7. The minimum Gasteiger partial charge on any atom is -0.453 e. The van der Waals surface area contributed by atoms with Crippen molar-refractivity contribution in [2.45, 2.75) is 26.5 Å². The van der Waals surface area contributed by atoms with E-state index in [1.165, 1.54) is 11.3 Å². The van der Waals surface area contributed by atoms with Crippen LogP contribution in [0.4, 0.5) is 0 Å². The summed E-state index contributed by atoms with van der Waals surface area (Å²) < 4.78 is 8.13. The number of fused-ring (bicyclic) bond motifs is 1. The highest BCUT2D eigenvalue weighted by atomic mass is 32.1. The highest BCUT2D eigenvalue weighted by Gasteiger charge is 2.16. The fourth-order valence-electron chi connectivity index (χ4n) is 2.45. The van der Waals surface area contributed by atoms with Crippen molar-refractivity contribution in [1.82, 2.24) is 25.2 Å². The van der Waals surface area contributed by atoms with Gasteiger partial charge >= 0.3 is 5.97 Å². The third kappa shape index (κ3) is 3.35. The van der Waals surface area contributed by atoms with Gasteiger partial charge in [-0.05, 0) is 41.1 Å². The van der Waals surface area contributed by atoms with E-state index in [0.29, 0.717) is 17.2 Å². The molecule has 0 amide bonds. The summed E-state index contributed by atoms with van der Waals surface area (Å²) in [4.78, 5) is 18.4. The van der Waals surface area contributed by atoms with Crippen molar-refractivity contribution >= 4 is 38.9 Å². The molecule has 0 N–H and O–H groups in total. The lowest BCUT2D eigenvalue weighted by atomic mass is 10.3. The largest absolute Gasteiger partial charge is 0.453 e. The Morgan fingerprint density at radius 1 is 1.19 bits per heavy atom. The van der Waals surface area contributed by atoms with Crippen LogP contribution in [0.1, 0.15) is 28.8 Å². The molecule has 0 aliphatic heterocycles. The summed E-state index contributed by atoms with van der Waals surface area (Å²) in [6.07, 6.45) is 0.905. The average Bonchev–Trinajstić information content (AvgIpc) is 3.38. The summed E-state index contributed by atoms with van der Waals surface area (Å²) in [7, 11) is 0. The fraction of sp³-hybridized carbons (Fsp3) is 0.235. The molecule has 0 saturated carbocycles. The second kappa shape index (κ2) is 7.30. The molecule has 132 valence electrons. The van der Waals surface area contributed by atoms with Gasteiger partial charge in [-0.1, -0.05) is 19.1 Å².